The van der Waals surface area contributed by atoms with Crippen LogP contribution in [0.15, 0.2) is 53.0 Å². The van der Waals surface area contributed by atoms with Crippen LogP contribution in [0.5, 0.6) is 5.75 Å². The average molecular weight is 382 g/mol. The number of benzene rings is 2. The Hall–Kier alpha value is -2.31. The fourth-order valence-corrected chi connectivity index (χ4v) is 4.43. The van der Waals surface area contributed by atoms with Gasteiger partial charge >= 0.3 is 0 Å². The van der Waals surface area contributed by atoms with E-state index in [2.05, 4.69) is 48.2 Å². The van der Waals surface area contributed by atoms with Gasteiger partial charge in [0.15, 0.2) is 0 Å². The molecule has 0 aliphatic rings. The van der Waals surface area contributed by atoms with Crippen LogP contribution in [0.25, 0.3) is 21.1 Å². The summed E-state index contributed by atoms with van der Waals surface area (Å²) in [6, 6.07) is 11.9. The van der Waals surface area contributed by atoms with E-state index in [0.717, 1.165) is 32.7 Å². The van der Waals surface area contributed by atoms with Gasteiger partial charge < -0.3 is 10.4 Å². The minimum Gasteiger partial charge on any atom is -0.507 e. The first-order chi connectivity index (χ1) is 12.4. The maximum absolute atomic E-state index is 10.4. The first-order valence-electron chi connectivity index (χ1n) is 8.30. The number of thiazole rings is 1. The summed E-state index contributed by atoms with van der Waals surface area (Å²) < 4.78 is 1.18. The summed E-state index contributed by atoms with van der Waals surface area (Å²) in [6.45, 7) is 6.40. The Balaban J connectivity index is 1.77. The summed E-state index contributed by atoms with van der Waals surface area (Å²) >= 11 is 3.28. The van der Waals surface area contributed by atoms with Crippen molar-refractivity contribution in [2.45, 2.75) is 30.4 Å². The maximum Gasteiger partial charge on any atom is 0.131 e. The SMILES string of the molecule is CC(C)(C)Sc1cc2c(Nc3ccc4scnc4c3)ccnc2cc1O. The van der Waals surface area contributed by atoms with Gasteiger partial charge in [0.05, 0.1) is 26.1 Å². The lowest BCUT2D eigenvalue weighted by molar-refractivity contribution is 0.463. The fraction of sp³-hybridized carbons (Fsp3) is 0.200. The van der Waals surface area contributed by atoms with Crippen LogP contribution in [0.2, 0.25) is 0 Å². The molecule has 4 aromatic rings. The van der Waals surface area contributed by atoms with Gasteiger partial charge in [0.25, 0.3) is 0 Å². The van der Waals surface area contributed by atoms with Crippen molar-refractivity contribution in [1.82, 2.24) is 9.97 Å². The molecule has 2 aromatic heterocycles. The number of aromatic nitrogens is 2. The van der Waals surface area contributed by atoms with Crippen LogP contribution in [-0.2, 0) is 0 Å². The Labute approximate surface area is 160 Å². The van der Waals surface area contributed by atoms with Crippen LogP contribution >= 0.6 is 23.1 Å². The Kier molecular flexibility index (Phi) is 4.25. The van der Waals surface area contributed by atoms with E-state index in [0.29, 0.717) is 0 Å². The Morgan fingerprint density at radius 2 is 1.88 bits per heavy atom. The highest BCUT2D eigenvalue weighted by atomic mass is 32.2. The highest BCUT2D eigenvalue weighted by Gasteiger charge is 2.17. The van der Waals surface area contributed by atoms with Gasteiger partial charge in [0, 0.05) is 33.8 Å². The zero-order chi connectivity index (χ0) is 18.3. The molecular weight excluding hydrogens is 362 g/mol. The number of rotatable bonds is 3. The molecule has 0 spiro atoms. The number of nitrogens with one attached hydrogen (secondary N) is 1. The van der Waals surface area contributed by atoms with Crippen molar-refractivity contribution in [2.24, 2.45) is 0 Å². The van der Waals surface area contributed by atoms with E-state index in [4.69, 9.17) is 0 Å². The van der Waals surface area contributed by atoms with Crippen LogP contribution in [0.3, 0.4) is 0 Å². The fourth-order valence-electron chi connectivity index (χ4n) is 2.77. The maximum atomic E-state index is 10.4. The lowest BCUT2D eigenvalue weighted by Gasteiger charge is -2.19. The molecule has 0 saturated carbocycles. The molecule has 6 heteroatoms. The molecule has 0 aliphatic carbocycles. The molecule has 0 bridgehead atoms. The Bertz CT molecular complexity index is 1100. The molecule has 132 valence electrons. The normalized spacial score (nSPS) is 12.0. The number of thioether (sulfide) groups is 1. The van der Waals surface area contributed by atoms with Crippen molar-refractivity contribution in [2.75, 3.05) is 5.32 Å². The molecule has 0 amide bonds. The Morgan fingerprint density at radius 1 is 1.04 bits per heavy atom. The van der Waals surface area contributed by atoms with Crippen molar-refractivity contribution >= 4 is 55.6 Å². The van der Waals surface area contributed by atoms with Crippen LogP contribution in [-0.4, -0.2) is 19.8 Å². The predicted molar refractivity (Wildman–Crippen MR) is 112 cm³/mol. The zero-order valence-electron chi connectivity index (χ0n) is 14.8. The van der Waals surface area contributed by atoms with Gasteiger partial charge in [0.1, 0.15) is 5.75 Å². The van der Waals surface area contributed by atoms with E-state index in [1.807, 2.05) is 23.7 Å². The van der Waals surface area contributed by atoms with Gasteiger partial charge in [-0.3, -0.25) is 4.98 Å². The van der Waals surface area contributed by atoms with E-state index >= 15 is 0 Å². The van der Waals surface area contributed by atoms with Gasteiger partial charge in [-0.2, -0.15) is 0 Å². The number of anilines is 2. The lowest BCUT2D eigenvalue weighted by atomic mass is 10.1. The molecular formula is C20H19N3OS2. The number of aromatic hydroxyl groups is 1. The van der Waals surface area contributed by atoms with Crippen molar-refractivity contribution in [3.63, 3.8) is 0 Å². The van der Waals surface area contributed by atoms with Crippen molar-refractivity contribution in [3.8, 4) is 5.75 Å². The second-order valence-electron chi connectivity index (χ2n) is 7.07. The van der Waals surface area contributed by atoms with Crippen molar-refractivity contribution < 1.29 is 5.11 Å². The number of phenols is 1. The number of fused-ring (bicyclic) bond motifs is 2. The molecule has 4 nitrogen and oxygen atoms in total. The first-order valence-corrected chi connectivity index (χ1v) is 10.00. The predicted octanol–water partition coefficient (Wildman–Crippen LogP) is 6.18. The first kappa shape index (κ1) is 17.1. The molecule has 2 N–H and O–H groups in total. The van der Waals surface area contributed by atoms with Crippen LogP contribution in [0.4, 0.5) is 11.4 Å². The third-order valence-corrected chi connectivity index (χ3v) is 5.82. The Morgan fingerprint density at radius 3 is 2.69 bits per heavy atom. The molecule has 0 atom stereocenters. The van der Waals surface area contributed by atoms with E-state index in [1.165, 1.54) is 4.70 Å². The second-order valence-corrected chi connectivity index (χ2v) is 9.82. The molecule has 2 aromatic carbocycles. The largest absolute Gasteiger partial charge is 0.507 e. The molecule has 0 unspecified atom stereocenters. The molecule has 0 fully saturated rings. The van der Waals surface area contributed by atoms with E-state index in [-0.39, 0.29) is 10.5 Å². The second kappa shape index (κ2) is 6.45. The zero-order valence-corrected chi connectivity index (χ0v) is 16.4. The van der Waals surface area contributed by atoms with Gasteiger partial charge in [0.2, 0.25) is 0 Å². The third kappa shape index (κ3) is 3.48. The summed E-state index contributed by atoms with van der Waals surface area (Å²) in [4.78, 5) is 9.64. The number of hydrogen-bond donors (Lipinski definition) is 2. The standard InChI is InChI=1S/C20H19N3OS2/c1-20(2,3)26-19-9-13-14(6-7-21-15(13)10-17(19)24)23-12-4-5-18-16(8-12)22-11-25-18/h4-11,24H,1-3H3,(H,21,23). The van der Waals surface area contributed by atoms with Crippen LogP contribution < -0.4 is 5.32 Å². The minimum absolute atomic E-state index is 0.0105. The highest BCUT2D eigenvalue weighted by Crippen LogP contribution is 2.41. The molecule has 26 heavy (non-hydrogen) atoms. The molecule has 2 heterocycles. The quantitative estimate of drug-likeness (QED) is 0.415. The number of pyridine rings is 1. The van der Waals surface area contributed by atoms with E-state index < -0.39 is 0 Å². The summed E-state index contributed by atoms with van der Waals surface area (Å²) in [7, 11) is 0. The van der Waals surface area contributed by atoms with Crippen molar-refractivity contribution in [1.29, 1.82) is 0 Å². The molecule has 0 aliphatic heterocycles. The van der Waals surface area contributed by atoms with Crippen molar-refractivity contribution in [3.05, 3.63) is 48.1 Å². The summed E-state index contributed by atoms with van der Waals surface area (Å²) in [5.74, 6) is 0.269. The van der Waals surface area contributed by atoms with Crippen LogP contribution in [0.1, 0.15) is 20.8 Å². The number of nitrogens with zero attached hydrogens (tertiary/aromatic N) is 2. The minimum atomic E-state index is 0.0105. The van der Waals surface area contributed by atoms with Crippen LogP contribution in [0, 0.1) is 0 Å². The highest BCUT2D eigenvalue weighted by molar-refractivity contribution is 8.00. The van der Waals surface area contributed by atoms with Gasteiger partial charge in [-0.05, 0) is 30.3 Å². The lowest BCUT2D eigenvalue weighted by Crippen LogP contribution is -2.06. The average Bonchev–Trinajstić information content (AvgIpc) is 3.02. The van der Waals surface area contributed by atoms with Gasteiger partial charge in [-0.15, -0.1) is 23.1 Å². The molecule has 0 radical (unpaired) electrons. The monoisotopic (exact) mass is 381 g/mol. The van der Waals surface area contributed by atoms with Gasteiger partial charge in [-0.1, -0.05) is 20.8 Å². The number of hydrogen-bond acceptors (Lipinski definition) is 6. The summed E-state index contributed by atoms with van der Waals surface area (Å²) in [5, 5.41) is 14.8. The number of phenolic OH excluding ortho intramolecular Hbond substituents is 1. The third-order valence-electron chi connectivity index (χ3n) is 3.85. The smallest absolute Gasteiger partial charge is 0.131 e. The van der Waals surface area contributed by atoms with E-state index in [1.54, 1.807) is 35.4 Å². The summed E-state index contributed by atoms with van der Waals surface area (Å²) in [5.41, 5.74) is 5.55. The topological polar surface area (TPSA) is 58.0 Å². The summed E-state index contributed by atoms with van der Waals surface area (Å²) in [6.07, 6.45) is 1.75. The van der Waals surface area contributed by atoms with Gasteiger partial charge in [-0.25, -0.2) is 4.98 Å². The molecule has 0 saturated heterocycles. The van der Waals surface area contributed by atoms with E-state index in [9.17, 15) is 5.11 Å². The molecule has 4 rings (SSSR count).